The smallest absolute Gasteiger partial charge is 0.00415 e. The minimum absolute atomic E-state index is 0.308. The number of rotatable bonds is 0. The van der Waals surface area contributed by atoms with Crippen LogP contribution in [0.25, 0.3) is 0 Å². The van der Waals surface area contributed by atoms with Crippen LogP contribution in [0.3, 0.4) is 0 Å². The van der Waals surface area contributed by atoms with E-state index < -0.39 is 0 Å². The molecule has 0 saturated heterocycles. The van der Waals surface area contributed by atoms with Gasteiger partial charge in [0.15, 0.2) is 0 Å². The van der Waals surface area contributed by atoms with E-state index in [2.05, 4.69) is 42.2 Å². The standard InChI is InChI=1S/C9H15P/c1-7-4-8(2)6-9(3,10)5-7/h4-5H,6,10H2,1-3H3. The molecule has 0 nitrogen and oxygen atoms in total. The Morgan fingerprint density at radius 3 is 2.50 bits per heavy atom. The molecule has 1 rings (SSSR count). The highest BCUT2D eigenvalue weighted by Crippen LogP contribution is 2.32. The van der Waals surface area contributed by atoms with Crippen LogP contribution in [-0.4, -0.2) is 5.16 Å². The zero-order valence-electron chi connectivity index (χ0n) is 6.94. The molecule has 0 N–H and O–H groups in total. The van der Waals surface area contributed by atoms with E-state index in [0.717, 1.165) is 0 Å². The highest BCUT2D eigenvalue weighted by molar-refractivity contribution is 7.19. The molecule has 2 unspecified atom stereocenters. The quantitative estimate of drug-likeness (QED) is 0.470. The Morgan fingerprint density at radius 2 is 2.10 bits per heavy atom. The lowest BCUT2D eigenvalue weighted by Crippen LogP contribution is -2.15. The molecule has 1 aliphatic carbocycles. The van der Waals surface area contributed by atoms with Crippen LogP contribution < -0.4 is 0 Å². The molecule has 10 heavy (non-hydrogen) atoms. The lowest BCUT2D eigenvalue weighted by Gasteiger charge is -2.25. The number of allylic oxidation sites excluding steroid dienone is 4. The normalized spacial score (nSPS) is 33.2. The van der Waals surface area contributed by atoms with Gasteiger partial charge in [-0.3, -0.25) is 0 Å². The highest BCUT2D eigenvalue weighted by Gasteiger charge is 2.18. The summed E-state index contributed by atoms with van der Waals surface area (Å²) in [7, 11) is 2.89. The van der Waals surface area contributed by atoms with Gasteiger partial charge in [-0.05, 0) is 20.3 Å². The molecule has 0 aliphatic heterocycles. The topological polar surface area (TPSA) is 0 Å². The molecule has 1 aliphatic rings. The van der Waals surface area contributed by atoms with Gasteiger partial charge >= 0.3 is 0 Å². The Balaban J connectivity index is 2.88. The van der Waals surface area contributed by atoms with Gasteiger partial charge < -0.3 is 0 Å². The predicted molar refractivity (Wildman–Crippen MR) is 50.2 cm³/mol. The van der Waals surface area contributed by atoms with E-state index in [9.17, 15) is 0 Å². The first kappa shape index (κ1) is 8.01. The Morgan fingerprint density at radius 1 is 1.50 bits per heavy atom. The molecular formula is C9H15P. The van der Waals surface area contributed by atoms with E-state index in [1.807, 2.05) is 0 Å². The predicted octanol–water partition coefficient (Wildman–Crippen LogP) is 2.92. The molecule has 56 valence electrons. The van der Waals surface area contributed by atoms with Crippen molar-refractivity contribution in [2.45, 2.75) is 32.3 Å². The summed E-state index contributed by atoms with van der Waals surface area (Å²) in [6, 6.07) is 0. The van der Waals surface area contributed by atoms with E-state index in [4.69, 9.17) is 0 Å². The molecule has 0 aromatic carbocycles. The lowest BCUT2D eigenvalue weighted by atomic mass is 9.92. The van der Waals surface area contributed by atoms with Crippen molar-refractivity contribution in [2.24, 2.45) is 0 Å². The van der Waals surface area contributed by atoms with Crippen molar-refractivity contribution in [3.63, 3.8) is 0 Å². The molecule has 0 heterocycles. The molecule has 0 radical (unpaired) electrons. The van der Waals surface area contributed by atoms with Crippen molar-refractivity contribution in [3.05, 3.63) is 23.3 Å². The summed E-state index contributed by atoms with van der Waals surface area (Å²) < 4.78 is 0. The second-order valence-electron chi connectivity index (χ2n) is 3.56. The van der Waals surface area contributed by atoms with Crippen LogP contribution in [0.2, 0.25) is 0 Å². The molecule has 0 spiro atoms. The molecule has 1 heteroatoms. The van der Waals surface area contributed by atoms with Crippen LogP contribution in [0.4, 0.5) is 0 Å². The van der Waals surface area contributed by atoms with Crippen molar-refractivity contribution in [2.75, 3.05) is 0 Å². The maximum Gasteiger partial charge on any atom is 0.00415 e. The van der Waals surface area contributed by atoms with Crippen molar-refractivity contribution in [1.29, 1.82) is 0 Å². The summed E-state index contributed by atoms with van der Waals surface area (Å²) in [6.45, 7) is 6.60. The Hall–Kier alpha value is -0.0900. The molecule has 0 bridgehead atoms. The second kappa shape index (κ2) is 2.51. The van der Waals surface area contributed by atoms with E-state index in [0.29, 0.717) is 5.16 Å². The summed E-state index contributed by atoms with van der Waals surface area (Å²) >= 11 is 0. The van der Waals surface area contributed by atoms with Crippen molar-refractivity contribution in [1.82, 2.24) is 0 Å². The van der Waals surface area contributed by atoms with Crippen molar-refractivity contribution in [3.8, 4) is 0 Å². The molecule has 0 amide bonds. The van der Waals surface area contributed by atoms with E-state index >= 15 is 0 Å². The monoisotopic (exact) mass is 154 g/mol. The summed E-state index contributed by atoms with van der Waals surface area (Å²) in [6.07, 6.45) is 5.74. The average Bonchev–Trinajstić information content (AvgIpc) is 1.54. The molecule has 0 aromatic heterocycles. The molecular weight excluding hydrogens is 139 g/mol. The summed E-state index contributed by atoms with van der Waals surface area (Å²) in [5.41, 5.74) is 2.87. The fourth-order valence-corrected chi connectivity index (χ4v) is 2.24. The van der Waals surface area contributed by atoms with Crippen molar-refractivity contribution < 1.29 is 0 Å². The Kier molecular flexibility index (Phi) is 2.01. The van der Waals surface area contributed by atoms with E-state index in [-0.39, 0.29) is 0 Å². The SMILES string of the molecule is CC1=CC(C)(P)CC(C)=C1. The fourth-order valence-electron chi connectivity index (χ4n) is 1.65. The van der Waals surface area contributed by atoms with Gasteiger partial charge in [-0.1, -0.05) is 30.2 Å². The van der Waals surface area contributed by atoms with Gasteiger partial charge in [-0.15, -0.1) is 9.24 Å². The van der Waals surface area contributed by atoms with Crippen LogP contribution in [-0.2, 0) is 0 Å². The highest BCUT2D eigenvalue weighted by atomic mass is 31.0. The molecule has 0 fully saturated rings. The Bertz CT molecular complexity index is 197. The summed E-state index contributed by atoms with van der Waals surface area (Å²) in [4.78, 5) is 0. The first-order valence-electron chi connectivity index (χ1n) is 3.65. The van der Waals surface area contributed by atoms with E-state index in [1.54, 1.807) is 0 Å². The summed E-state index contributed by atoms with van der Waals surface area (Å²) in [5, 5.41) is 0.308. The van der Waals surface area contributed by atoms with Gasteiger partial charge in [-0.2, -0.15) is 0 Å². The molecule has 2 atom stereocenters. The third-order valence-corrected chi connectivity index (χ3v) is 2.06. The third-order valence-electron chi connectivity index (χ3n) is 1.69. The second-order valence-corrected chi connectivity index (χ2v) is 4.88. The number of hydrogen-bond donors (Lipinski definition) is 0. The van der Waals surface area contributed by atoms with Crippen LogP contribution in [0.15, 0.2) is 23.3 Å². The third kappa shape index (κ3) is 1.95. The van der Waals surface area contributed by atoms with E-state index in [1.165, 1.54) is 17.6 Å². The minimum atomic E-state index is 0.308. The fraction of sp³-hybridized carbons (Fsp3) is 0.556. The van der Waals surface area contributed by atoms with Gasteiger partial charge in [0.05, 0.1) is 0 Å². The lowest BCUT2D eigenvalue weighted by molar-refractivity contribution is 0.756. The van der Waals surface area contributed by atoms with Crippen LogP contribution in [0.5, 0.6) is 0 Å². The van der Waals surface area contributed by atoms with Crippen LogP contribution in [0.1, 0.15) is 27.2 Å². The summed E-state index contributed by atoms with van der Waals surface area (Å²) in [5.74, 6) is 0. The Labute approximate surface area is 65.6 Å². The minimum Gasteiger partial charge on any atom is -0.127 e. The van der Waals surface area contributed by atoms with Gasteiger partial charge in [0.2, 0.25) is 0 Å². The molecule has 0 aromatic rings. The van der Waals surface area contributed by atoms with Gasteiger partial charge in [0.1, 0.15) is 0 Å². The first-order valence-corrected chi connectivity index (χ1v) is 4.23. The maximum atomic E-state index is 2.89. The maximum absolute atomic E-state index is 2.89. The molecule has 0 saturated carbocycles. The first-order chi connectivity index (χ1) is 4.49. The van der Waals surface area contributed by atoms with Crippen LogP contribution in [0, 0.1) is 0 Å². The zero-order valence-corrected chi connectivity index (χ0v) is 8.09. The largest absolute Gasteiger partial charge is 0.127 e. The number of hydrogen-bond acceptors (Lipinski definition) is 0. The van der Waals surface area contributed by atoms with Gasteiger partial charge in [-0.25, -0.2) is 0 Å². The average molecular weight is 154 g/mol. The van der Waals surface area contributed by atoms with Gasteiger partial charge in [0, 0.05) is 5.16 Å². The van der Waals surface area contributed by atoms with Gasteiger partial charge in [0.25, 0.3) is 0 Å². The zero-order chi connectivity index (χ0) is 7.78. The van der Waals surface area contributed by atoms with Crippen molar-refractivity contribution >= 4 is 9.24 Å². The van der Waals surface area contributed by atoms with Crippen LogP contribution >= 0.6 is 9.24 Å².